The predicted molar refractivity (Wildman–Crippen MR) is 75.9 cm³/mol. The molecule has 1 aliphatic heterocycles. The minimum absolute atomic E-state index is 0.0606. The molecule has 1 aromatic heterocycles. The highest BCUT2D eigenvalue weighted by Crippen LogP contribution is 2.20. The fraction of sp³-hybridized carbons (Fsp3) is 0.571. The number of carbonyl (C=O) groups excluding carboxylic acids is 1. The molecule has 20 heavy (non-hydrogen) atoms. The lowest BCUT2D eigenvalue weighted by molar-refractivity contribution is -0.123. The van der Waals surface area contributed by atoms with Gasteiger partial charge < -0.3 is 20.1 Å². The van der Waals surface area contributed by atoms with Crippen LogP contribution >= 0.6 is 0 Å². The van der Waals surface area contributed by atoms with Crippen LogP contribution in [0.4, 0.5) is 5.69 Å². The van der Waals surface area contributed by atoms with Crippen LogP contribution in [0.2, 0.25) is 0 Å². The van der Waals surface area contributed by atoms with Crippen LogP contribution in [0.3, 0.4) is 0 Å². The van der Waals surface area contributed by atoms with E-state index in [0.29, 0.717) is 18.2 Å². The summed E-state index contributed by atoms with van der Waals surface area (Å²) in [6.45, 7) is 4.34. The number of carbonyl (C=O) groups is 1. The lowest BCUT2D eigenvalue weighted by atomic mass is 10.1. The van der Waals surface area contributed by atoms with Crippen LogP contribution in [0.1, 0.15) is 19.8 Å². The third-order valence-electron chi connectivity index (χ3n) is 3.06. The normalized spacial score (nSPS) is 15.8. The van der Waals surface area contributed by atoms with Crippen molar-refractivity contribution in [3.05, 3.63) is 18.3 Å². The highest BCUT2D eigenvalue weighted by molar-refractivity contribution is 5.92. The maximum absolute atomic E-state index is 11.9. The number of nitrogens with one attached hydrogen (secondary N) is 2. The van der Waals surface area contributed by atoms with E-state index in [9.17, 15) is 4.79 Å². The first kappa shape index (κ1) is 14.7. The fourth-order valence-electron chi connectivity index (χ4n) is 2.08. The van der Waals surface area contributed by atoms with Gasteiger partial charge in [-0.05, 0) is 45.0 Å². The molecule has 2 N–H and O–H groups in total. The summed E-state index contributed by atoms with van der Waals surface area (Å²) in [6.07, 6.45) is 3.70. The van der Waals surface area contributed by atoms with Gasteiger partial charge in [0.1, 0.15) is 12.3 Å². The zero-order valence-corrected chi connectivity index (χ0v) is 11.7. The van der Waals surface area contributed by atoms with Crippen LogP contribution in [0.15, 0.2) is 18.3 Å². The van der Waals surface area contributed by atoms with E-state index in [2.05, 4.69) is 15.6 Å². The molecule has 1 amide bonds. The number of hydrogen-bond acceptors (Lipinski definition) is 5. The van der Waals surface area contributed by atoms with Crippen LogP contribution in [0.5, 0.6) is 5.88 Å². The van der Waals surface area contributed by atoms with E-state index in [1.165, 1.54) is 0 Å². The van der Waals surface area contributed by atoms with Gasteiger partial charge in [-0.3, -0.25) is 4.79 Å². The Bertz CT molecular complexity index is 433. The van der Waals surface area contributed by atoms with Gasteiger partial charge in [0.2, 0.25) is 5.88 Å². The number of piperidine rings is 1. The first-order valence-corrected chi connectivity index (χ1v) is 6.99. The van der Waals surface area contributed by atoms with Crippen molar-refractivity contribution >= 4 is 11.6 Å². The molecule has 0 bridgehead atoms. The van der Waals surface area contributed by atoms with Gasteiger partial charge in [0, 0.05) is 6.20 Å². The van der Waals surface area contributed by atoms with E-state index in [0.717, 1.165) is 25.9 Å². The number of ether oxygens (including phenoxy) is 2. The van der Waals surface area contributed by atoms with Crippen molar-refractivity contribution < 1.29 is 14.3 Å². The van der Waals surface area contributed by atoms with Crippen molar-refractivity contribution in [1.82, 2.24) is 10.3 Å². The third kappa shape index (κ3) is 4.47. The standard InChI is InChI=1S/C14H21N3O3/c1-2-19-14-12(4-3-7-16-14)17-13(18)10-20-11-5-8-15-9-6-11/h3-4,7,11,15H,2,5-6,8-10H2,1H3,(H,17,18). The smallest absolute Gasteiger partial charge is 0.250 e. The van der Waals surface area contributed by atoms with Crippen LogP contribution in [0.25, 0.3) is 0 Å². The van der Waals surface area contributed by atoms with Crippen molar-refractivity contribution in [3.8, 4) is 5.88 Å². The Balaban J connectivity index is 1.81. The average molecular weight is 279 g/mol. The molecule has 6 nitrogen and oxygen atoms in total. The van der Waals surface area contributed by atoms with Crippen LogP contribution in [0, 0.1) is 0 Å². The highest BCUT2D eigenvalue weighted by Gasteiger charge is 2.15. The maximum atomic E-state index is 11.9. The Hall–Kier alpha value is -1.66. The first-order chi connectivity index (χ1) is 9.79. The third-order valence-corrected chi connectivity index (χ3v) is 3.06. The molecule has 0 aliphatic carbocycles. The predicted octanol–water partition coefficient (Wildman–Crippen LogP) is 1.19. The molecule has 0 aromatic carbocycles. The molecule has 0 atom stereocenters. The summed E-state index contributed by atoms with van der Waals surface area (Å²) < 4.78 is 11.0. The van der Waals surface area contributed by atoms with Gasteiger partial charge in [0.25, 0.3) is 5.91 Å². The van der Waals surface area contributed by atoms with Crippen LogP contribution < -0.4 is 15.4 Å². The summed E-state index contributed by atoms with van der Waals surface area (Å²) in [5, 5.41) is 6.03. The Morgan fingerprint density at radius 1 is 1.50 bits per heavy atom. The maximum Gasteiger partial charge on any atom is 0.250 e. The van der Waals surface area contributed by atoms with Gasteiger partial charge in [-0.1, -0.05) is 0 Å². The lowest BCUT2D eigenvalue weighted by Crippen LogP contribution is -2.34. The van der Waals surface area contributed by atoms with Gasteiger partial charge in [-0.25, -0.2) is 4.98 Å². The van der Waals surface area contributed by atoms with E-state index >= 15 is 0 Å². The largest absolute Gasteiger partial charge is 0.476 e. The SMILES string of the molecule is CCOc1ncccc1NC(=O)COC1CCNCC1. The molecule has 2 rings (SSSR count). The Morgan fingerprint density at radius 3 is 3.05 bits per heavy atom. The lowest BCUT2D eigenvalue weighted by Gasteiger charge is -2.22. The molecule has 2 heterocycles. The Kier molecular flexibility index (Phi) is 5.76. The number of anilines is 1. The number of hydrogen-bond donors (Lipinski definition) is 2. The van der Waals surface area contributed by atoms with Gasteiger partial charge in [0.05, 0.1) is 12.7 Å². The summed E-state index contributed by atoms with van der Waals surface area (Å²) in [5.74, 6) is 0.253. The van der Waals surface area contributed by atoms with Crippen molar-refractivity contribution in [2.24, 2.45) is 0 Å². The zero-order chi connectivity index (χ0) is 14.2. The van der Waals surface area contributed by atoms with Crippen molar-refractivity contribution in [1.29, 1.82) is 0 Å². The summed E-state index contributed by atoms with van der Waals surface area (Å²) in [5.41, 5.74) is 0.577. The first-order valence-electron chi connectivity index (χ1n) is 6.99. The van der Waals surface area contributed by atoms with Crippen LogP contribution in [-0.4, -0.2) is 43.3 Å². The summed E-state index contributed by atoms with van der Waals surface area (Å²) >= 11 is 0. The molecule has 6 heteroatoms. The number of pyridine rings is 1. The van der Waals surface area contributed by atoms with Gasteiger partial charge >= 0.3 is 0 Å². The average Bonchev–Trinajstić information content (AvgIpc) is 2.49. The van der Waals surface area contributed by atoms with Crippen molar-refractivity contribution in [2.45, 2.75) is 25.9 Å². The highest BCUT2D eigenvalue weighted by atomic mass is 16.5. The summed E-state index contributed by atoms with van der Waals surface area (Å²) in [6, 6.07) is 3.52. The summed E-state index contributed by atoms with van der Waals surface area (Å²) in [7, 11) is 0. The molecule has 0 spiro atoms. The van der Waals surface area contributed by atoms with E-state index in [-0.39, 0.29) is 18.6 Å². The topological polar surface area (TPSA) is 72.5 Å². The van der Waals surface area contributed by atoms with Gasteiger partial charge in [-0.2, -0.15) is 0 Å². The second-order valence-electron chi connectivity index (χ2n) is 4.60. The fourth-order valence-corrected chi connectivity index (χ4v) is 2.08. The second-order valence-corrected chi connectivity index (χ2v) is 4.60. The number of aromatic nitrogens is 1. The van der Waals surface area contributed by atoms with Crippen molar-refractivity contribution in [3.63, 3.8) is 0 Å². The summed E-state index contributed by atoms with van der Waals surface area (Å²) in [4.78, 5) is 16.0. The molecular formula is C14H21N3O3. The Morgan fingerprint density at radius 2 is 2.30 bits per heavy atom. The molecule has 0 unspecified atom stereocenters. The molecular weight excluding hydrogens is 258 g/mol. The number of nitrogens with zero attached hydrogens (tertiary/aromatic N) is 1. The van der Waals surface area contributed by atoms with E-state index < -0.39 is 0 Å². The molecule has 0 saturated carbocycles. The Labute approximate surface area is 118 Å². The van der Waals surface area contributed by atoms with Gasteiger partial charge in [0.15, 0.2) is 0 Å². The number of rotatable bonds is 6. The minimum Gasteiger partial charge on any atom is -0.476 e. The number of amides is 1. The molecule has 0 radical (unpaired) electrons. The quantitative estimate of drug-likeness (QED) is 0.818. The molecule has 1 aliphatic rings. The van der Waals surface area contributed by atoms with Crippen molar-refractivity contribution in [2.75, 3.05) is 31.6 Å². The molecule has 110 valence electrons. The molecule has 1 aromatic rings. The van der Waals surface area contributed by atoms with E-state index in [1.807, 2.05) is 6.92 Å². The molecule has 1 saturated heterocycles. The molecule has 1 fully saturated rings. The van der Waals surface area contributed by atoms with E-state index in [1.54, 1.807) is 18.3 Å². The monoisotopic (exact) mass is 279 g/mol. The second kappa shape index (κ2) is 7.81. The minimum atomic E-state index is -0.183. The van der Waals surface area contributed by atoms with E-state index in [4.69, 9.17) is 9.47 Å². The van der Waals surface area contributed by atoms with Gasteiger partial charge in [-0.15, -0.1) is 0 Å². The zero-order valence-electron chi connectivity index (χ0n) is 11.7. The van der Waals surface area contributed by atoms with Crippen LogP contribution in [-0.2, 0) is 9.53 Å².